The van der Waals surface area contributed by atoms with Gasteiger partial charge in [0.15, 0.2) is 0 Å². The van der Waals surface area contributed by atoms with Crippen molar-refractivity contribution in [2.45, 2.75) is 20.4 Å². The number of hydrogen-bond acceptors (Lipinski definition) is 3. The van der Waals surface area contributed by atoms with Gasteiger partial charge in [-0.15, -0.1) is 0 Å². The number of aryl methyl sites for hydroxylation is 1. The SMILES string of the molecule is C/C=C/COc1ccc(CN)c(C)n1. The fraction of sp³-hybridized carbons (Fsp3) is 0.364. The van der Waals surface area contributed by atoms with E-state index in [-0.39, 0.29) is 0 Å². The Balaban J connectivity index is 2.66. The van der Waals surface area contributed by atoms with Crippen LogP contribution in [0.25, 0.3) is 0 Å². The van der Waals surface area contributed by atoms with Crippen LogP contribution in [0.4, 0.5) is 0 Å². The lowest BCUT2D eigenvalue weighted by Gasteiger charge is -2.05. The molecular formula is C11H16N2O. The van der Waals surface area contributed by atoms with Gasteiger partial charge in [0, 0.05) is 18.3 Å². The van der Waals surface area contributed by atoms with Gasteiger partial charge in [0.2, 0.25) is 5.88 Å². The summed E-state index contributed by atoms with van der Waals surface area (Å²) in [4.78, 5) is 4.28. The summed E-state index contributed by atoms with van der Waals surface area (Å²) >= 11 is 0. The van der Waals surface area contributed by atoms with Crippen LogP contribution in [0.1, 0.15) is 18.2 Å². The summed E-state index contributed by atoms with van der Waals surface area (Å²) in [7, 11) is 0. The predicted octanol–water partition coefficient (Wildman–Crippen LogP) is 1.80. The quantitative estimate of drug-likeness (QED) is 0.740. The van der Waals surface area contributed by atoms with Crippen LogP contribution >= 0.6 is 0 Å². The van der Waals surface area contributed by atoms with Gasteiger partial charge in [-0.3, -0.25) is 0 Å². The molecule has 0 saturated heterocycles. The molecule has 0 spiro atoms. The van der Waals surface area contributed by atoms with Crippen LogP contribution in [0.15, 0.2) is 24.3 Å². The second-order valence-corrected chi connectivity index (χ2v) is 2.98. The lowest BCUT2D eigenvalue weighted by molar-refractivity contribution is 0.347. The summed E-state index contributed by atoms with van der Waals surface area (Å²) in [5.41, 5.74) is 7.52. The smallest absolute Gasteiger partial charge is 0.213 e. The maximum Gasteiger partial charge on any atom is 0.213 e. The predicted molar refractivity (Wildman–Crippen MR) is 57.2 cm³/mol. The summed E-state index contributed by atoms with van der Waals surface area (Å²) < 4.78 is 5.39. The molecule has 1 aromatic heterocycles. The second kappa shape index (κ2) is 5.40. The molecule has 0 unspecified atom stereocenters. The van der Waals surface area contributed by atoms with Gasteiger partial charge in [0.25, 0.3) is 0 Å². The fourth-order valence-electron chi connectivity index (χ4n) is 1.09. The molecule has 14 heavy (non-hydrogen) atoms. The van der Waals surface area contributed by atoms with Crippen molar-refractivity contribution in [2.75, 3.05) is 6.61 Å². The zero-order valence-electron chi connectivity index (χ0n) is 8.66. The van der Waals surface area contributed by atoms with E-state index in [0.717, 1.165) is 11.3 Å². The lowest BCUT2D eigenvalue weighted by atomic mass is 10.2. The Labute approximate surface area is 84.6 Å². The van der Waals surface area contributed by atoms with Crippen LogP contribution < -0.4 is 10.5 Å². The van der Waals surface area contributed by atoms with Crippen molar-refractivity contribution in [3.63, 3.8) is 0 Å². The van der Waals surface area contributed by atoms with Crippen molar-refractivity contribution in [3.8, 4) is 5.88 Å². The molecule has 0 amide bonds. The maximum absolute atomic E-state index is 5.53. The van der Waals surface area contributed by atoms with Crippen LogP contribution in [-0.2, 0) is 6.54 Å². The van der Waals surface area contributed by atoms with Crippen molar-refractivity contribution in [3.05, 3.63) is 35.5 Å². The number of nitrogens with zero attached hydrogens (tertiary/aromatic N) is 1. The highest BCUT2D eigenvalue weighted by molar-refractivity contribution is 5.24. The monoisotopic (exact) mass is 192 g/mol. The van der Waals surface area contributed by atoms with Crippen molar-refractivity contribution in [2.24, 2.45) is 5.73 Å². The van der Waals surface area contributed by atoms with Gasteiger partial charge in [-0.2, -0.15) is 0 Å². The summed E-state index contributed by atoms with van der Waals surface area (Å²) in [6.45, 7) is 4.98. The van der Waals surface area contributed by atoms with Crippen LogP contribution in [0.2, 0.25) is 0 Å². The normalized spacial score (nSPS) is 10.8. The van der Waals surface area contributed by atoms with Gasteiger partial charge in [0.1, 0.15) is 6.61 Å². The van der Waals surface area contributed by atoms with Gasteiger partial charge in [-0.25, -0.2) is 4.98 Å². The minimum absolute atomic E-state index is 0.522. The lowest BCUT2D eigenvalue weighted by Crippen LogP contribution is -2.03. The molecule has 3 nitrogen and oxygen atoms in total. The second-order valence-electron chi connectivity index (χ2n) is 2.98. The van der Waals surface area contributed by atoms with Crippen molar-refractivity contribution < 1.29 is 4.74 Å². The average Bonchev–Trinajstić information content (AvgIpc) is 2.18. The van der Waals surface area contributed by atoms with Gasteiger partial charge < -0.3 is 10.5 Å². The molecule has 0 aliphatic rings. The topological polar surface area (TPSA) is 48.1 Å². The van der Waals surface area contributed by atoms with E-state index in [1.165, 1.54) is 0 Å². The Kier molecular flexibility index (Phi) is 4.13. The number of allylic oxidation sites excluding steroid dienone is 1. The Bertz CT molecular complexity index is 321. The molecule has 1 heterocycles. The Morgan fingerprint density at radius 3 is 2.86 bits per heavy atom. The first kappa shape index (κ1) is 10.7. The molecule has 3 heteroatoms. The van der Waals surface area contributed by atoms with E-state index in [4.69, 9.17) is 10.5 Å². The minimum Gasteiger partial charge on any atom is -0.473 e. The highest BCUT2D eigenvalue weighted by Crippen LogP contribution is 2.11. The van der Waals surface area contributed by atoms with Gasteiger partial charge in [0.05, 0.1) is 0 Å². The molecule has 2 N–H and O–H groups in total. The van der Waals surface area contributed by atoms with Crippen molar-refractivity contribution >= 4 is 0 Å². The molecule has 1 rings (SSSR count). The molecule has 0 saturated carbocycles. The summed E-state index contributed by atoms with van der Waals surface area (Å²) in [6, 6.07) is 3.80. The first-order valence-electron chi connectivity index (χ1n) is 4.68. The van der Waals surface area contributed by atoms with E-state index in [1.807, 2.05) is 38.1 Å². The third kappa shape index (κ3) is 2.85. The summed E-state index contributed by atoms with van der Waals surface area (Å²) in [5, 5.41) is 0. The standard InChI is InChI=1S/C11H16N2O/c1-3-4-7-14-11-6-5-10(8-12)9(2)13-11/h3-6H,7-8,12H2,1-2H3/b4-3+. The van der Waals surface area contributed by atoms with E-state index in [9.17, 15) is 0 Å². The van der Waals surface area contributed by atoms with E-state index in [2.05, 4.69) is 4.98 Å². The highest BCUT2D eigenvalue weighted by atomic mass is 16.5. The molecular weight excluding hydrogens is 176 g/mol. The molecule has 0 fully saturated rings. The largest absolute Gasteiger partial charge is 0.473 e. The molecule has 0 aliphatic heterocycles. The summed E-state index contributed by atoms with van der Waals surface area (Å²) in [6.07, 6.45) is 3.88. The highest BCUT2D eigenvalue weighted by Gasteiger charge is 1.99. The zero-order valence-corrected chi connectivity index (χ0v) is 8.66. The Hall–Kier alpha value is -1.35. The number of nitrogens with two attached hydrogens (primary N) is 1. The molecule has 0 atom stereocenters. The van der Waals surface area contributed by atoms with Gasteiger partial charge in [-0.1, -0.05) is 18.2 Å². The van der Waals surface area contributed by atoms with E-state index in [1.54, 1.807) is 0 Å². The molecule has 0 aliphatic carbocycles. The van der Waals surface area contributed by atoms with E-state index in [0.29, 0.717) is 19.0 Å². The van der Waals surface area contributed by atoms with Crippen molar-refractivity contribution in [1.82, 2.24) is 4.98 Å². The molecule has 1 aromatic rings. The van der Waals surface area contributed by atoms with Crippen molar-refractivity contribution in [1.29, 1.82) is 0 Å². The first-order valence-corrected chi connectivity index (χ1v) is 4.68. The number of ether oxygens (including phenoxy) is 1. The van der Waals surface area contributed by atoms with Crippen LogP contribution in [-0.4, -0.2) is 11.6 Å². The number of pyridine rings is 1. The molecule has 76 valence electrons. The zero-order chi connectivity index (χ0) is 10.4. The third-order valence-electron chi connectivity index (χ3n) is 1.95. The maximum atomic E-state index is 5.53. The Morgan fingerprint density at radius 1 is 1.50 bits per heavy atom. The van der Waals surface area contributed by atoms with Gasteiger partial charge in [-0.05, 0) is 19.4 Å². The molecule has 0 radical (unpaired) electrons. The third-order valence-corrected chi connectivity index (χ3v) is 1.95. The van der Waals surface area contributed by atoms with Crippen LogP contribution in [0.5, 0.6) is 5.88 Å². The summed E-state index contributed by atoms with van der Waals surface area (Å²) in [5.74, 6) is 0.651. The first-order chi connectivity index (χ1) is 6.77. The number of rotatable bonds is 4. The average molecular weight is 192 g/mol. The molecule has 0 bridgehead atoms. The number of hydrogen-bond donors (Lipinski definition) is 1. The van der Waals surface area contributed by atoms with Gasteiger partial charge >= 0.3 is 0 Å². The van der Waals surface area contributed by atoms with E-state index < -0.39 is 0 Å². The minimum atomic E-state index is 0.522. The number of aromatic nitrogens is 1. The Morgan fingerprint density at radius 2 is 2.29 bits per heavy atom. The van der Waals surface area contributed by atoms with Crippen LogP contribution in [0.3, 0.4) is 0 Å². The fourth-order valence-corrected chi connectivity index (χ4v) is 1.09. The van der Waals surface area contributed by atoms with Crippen LogP contribution in [0, 0.1) is 6.92 Å². The van der Waals surface area contributed by atoms with E-state index >= 15 is 0 Å². The molecule has 0 aromatic carbocycles.